The number of fused-ring (bicyclic) bond motifs is 12. The predicted molar refractivity (Wildman–Crippen MR) is 244 cm³/mol. The Morgan fingerprint density at radius 2 is 0.468 bits per heavy atom. The monoisotopic (exact) mass is 816 g/mol. The van der Waals surface area contributed by atoms with Crippen LogP contribution in [0.4, 0.5) is 0 Å². The lowest BCUT2D eigenvalue weighted by atomic mass is 9.91. The fourth-order valence-electron chi connectivity index (χ4n) is 8.61. The number of benzene rings is 8. The van der Waals surface area contributed by atoms with Gasteiger partial charge in [-0.25, -0.2) is 0 Å². The van der Waals surface area contributed by atoms with Crippen LogP contribution in [0.3, 0.4) is 0 Å². The molecule has 1 aliphatic rings. The van der Waals surface area contributed by atoms with Crippen molar-refractivity contribution < 1.29 is 29.9 Å². The van der Waals surface area contributed by atoms with Gasteiger partial charge in [0.1, 0.15) is 47.7 Å². The summed E-state index contributed by atoms with van der Waals surface area (Å²) in [6, 6.07) is 55.2. The van der Waals surface area contributed by atoms with Gasteiger partial charge in [0.05, 0.1) is 0 Å². The lowest BCUT2D eigenvalue weighted by molar-refractivity contribution is 0.300. The standard InChI is InChI=1S/C56H48O6/c57-51-39-17-7-21-43(51)31-47-25-11-26-48(55(47)61-35-37-13-3-1-4-14-37)32-44-22-8-18-40(52(44)58)30-42-20-10-24-46(54(42)60)34-50-28-12-27-49(33-45-23-9-19-41(29-39)53(45)59)56(50)62-36-38-15-5-2-6-16-38/h1-28,57-60H,29-36H2. The Morgan fingerprint density at radius 1 is 0.258 bits per heavy atom. The zero-order valence-corrected chi connectivity index (χ0v) is 34.4. The molecule has 0 spiro atoms. The third kappa shape index (κ3) is 8.72. The minimum Gasteiger partial charge on any atom is -0.507 e. The number of phenolic OH excluding ortho intramolecular Hbond substituents is 4. The minimum absolute atomic E-state index is 0.173. The maximum atomic E-state index is 11.9. The lowest BCUT2D eigenvalue weighted by Gasteiger charge is -2.20. The molecule has 0 saturated heterocycles. The molecule has 1 aliphatic carbocycles. The fourth-order valence-corrected chi connectivity index (χ4v) is 8.61. The van der Waals surface area contributed by atoms with Crippen LogP contribution < -0.4 is 9.47 Å². The van der Waals surface area contributed by atoms with Crippen LogP contribution in [0.15, 0.2) is 170 Å². The van der Waals surface area contributed by atoms with Gasteiger partial charge in [0.25, 0.3) is 0 Å². The summed E-state index contributed by atoms with van der Waals surface area (Å²) >= 11 is 0. The molecule has 0 radical (unpaired) electrons. The first-order valence-corrected chi connectivity index (χ1v) is 21.1. The van der Waals surface area contributed by atoms with E-state index in [1.165, 1.54) is 0 Å². The average Bonchev–Trinajstić information content (AvgIpc) is 3.29. The second-order valence-corrected chi connectivity index (χ2v) is 16.1. The van der Waals surface area contributed by atoms with E-state index in [-0.39, 0.29) is 23.0 Å². The Labute approximate surface area is 362 Å². The first kappa shape index (κ1) is 40.0. The van der Waals surface area contributed by atoms with Crippen molar-refractivity contribution in [3.05, 3.63) is 248 Å². The number of aromatic hydroxyl groups is 4. The summed E-state index contributed by atoms with van der Waals surface area (Å²) in [6.07, 6.45) is 2.22. The number of ether oxygens (including phenoxy) is 2. The molecule has 9 rings (SSSR count). The summed E-state index contributed by atoms with van der Waals surface area (Å²) in [7, 11) is 0. The molecule has 6 heteroatoms. The van der Waals surface area contributed by atoms with E-state index in [1.54, 1.807) is 0 Å². The average molecular weight is 817 g/mol. The van der Waals surface area contributed by atoms with Crippen molar-refractivity contribution in [1.29, 1.82) is 0 Å². The third-order valence-electron chi connectivity index (χ3n) is 11.9. The molecule has 8 aromatic rings. The van der Waals surface area contributed by atoms with Crippen molar-refractivity contribution in [3.8, 4) is 34.5 Å². The van der Waals surface area contributed by atoms with Crippen molar-refractivity contribution in [1.82, 2.24) is 0 Å². The molecule has 0 aliphatic heterocycles. The Morgan fingerprint density at radius 3 is 0.710 bits per heavy atom. The molecule has 0 unspecified atom stereocenters. The van der Waals surface area contributed by atoms with Gasteiger partial charge < -0.3 is 29.9 Å². The molecule has 0 amide bonds. The molecule has 0 aromatic heterocycles. The highest BCUT2D eigenvalue weighted by molar-refractivity contribution is 5.56. The number of rotatable bonds is 6. The summed E-state index contributed by atoms with van der Waals surface area (Å²) in [5, 5.41) is 47.5. The van der Waals surface area contributed by atoms with Gasteiger partial charge in [-0.05, 0) is 77.9 Å². The van der Waals surface area contributed by atoms with E-state index in [0.717, 1.165) is 55.6 Å². The van der Waals surface area contributed by atoms with E-state index in [1.807, 2.05) is 170 Å². The van der Waals surface area contributed by atoms with E-state index in [2.05, 4.69) is 0 Å². The van der Waals surface area contributed by atoms with Crippen molar-refractivity contribution >= 4 is 0 Å². The van der Waals surface area contributed by atoms with Gasteiger partial charge in [-0.2, -0.15) is 0 Å². The van der Waals surface area contributed by atoms with Crippen molar-refractivity contribution in [3.63, 3.8) is 0 Å². The Hall–Kier alpha value is -7.44. The predicted octanol–water partition coefficient (Wildman–Crippen LogP) is 11.5. The van der Waals surface area contributed by atoms with Gasteiger partial charge in [-0.1, -0.05) is 170 Å². The highest BCUT2D eigenvalue weighted by Gasteiger charge is 2.21. The SMILES string of the molecule is Oc1c2cccc1Cc1cccc(c1OCc1ccccc1)Cc1cccc(c1O)Cc1cccc(c1O)Cc1cccc(c1OCc1ccccc1)Cc1cccc(c1O)C2. The molecule has 6 nitrogen and oxygen atoms in total. The van der Waals surface area contributed by atoms with Gasteiger partial charge in [-0.3, -0.25) is 0 Å². The van der Waals surface area contributed by atoms with Crippen molar-refractivity contribution in [2.75, 3.05) is 0 Å². The first-order valence-electron chi connectivity index (χ1n) is 21.1. The van der Waals surface area contributed by atoms with Crippen LogP contribution in [0, 0.1) is 0 Å². The third-order valence-corrected chi connectivity index (χ3v) is 11.9. The molecule has 0 fully saturated rings. The molecule has 62 heavy (non-hydrogen) atoms. The molecular weight excluding hydrogens is 769 g/mol. The fraction of sp³-hybridized carbons (Fsp3) is 0.143. The second-order valence-electron chi connectivity index (χ2n) is 16.1. The summed E-state index contributed by atoms with van der Waals surface area (Å²) in [5.41, 5.74) is 11.4. The van der Waals surface area contributed by atoms with Gasteiger partial charge >= 0.3 is 0 Å². The van der Waals surface area contributed by atoms with Gasteiger partial charge in [-0.15, -0.1) is 0 Å². The number of hydrogen-bond donors (Lipinski definition) is 4. The molecule has 308 valence electrons. The van der Waals surface area contributed by atoms with Crippen LogP contribution >= 0.6 is 0 Å². The highest BCUT2D eigenvalue weighted by atomic mass is 16.5. The summed E-state index contributed by atoms with van der Waals surface area (Å²) < 4.78 is 13.3. The molecule has 0 atom stereocenters. The van der Waals surface area contributed by atoms with Crippen LogP contribution in [0.25, 0.3) is 0 Å². The number of para-hydroxylation sites is 6. The number of hydrogen-bond acceptors (Lipinski definition) is 6. The lowest BCUT2D eigenvalue weighted by Crippen LogP contribution is -2.05. The molecule has 0 heterocycles. The van der Waals surface area contributed by atoms with Crippen molar-refractivity contribution in [2.45, 2.75) is 51.7 Å². The molecule has 4 N–H and O–H groups in total. The van der Waals surface area contributed by atoms with Gasteiger partial charge in [0, 0.05) is 38.5 Å². The van der Waals surface area contributed by atoms with Gasteiger partial charge in [0.2, 0.25) is 0 Å². The highest BCUT2D eigenvalue weighted by Crippen LogP contribution is 2.39. The molecular formula is C56H48O6. The topological polar surface area (TPSA) is 99.4 Å². The van der Waals surface area contributed by atoms with E-state index in [9.17, 15) is 20.4 Å². The van der Waals surface area contributed by atoms with Crippen LogP contribution in [-0.4, -0.2) is 20.4 Å². The Bertz CT molecular complexity index is 2510. The molecule has 8 aromatic carbocycles. The smallest absolute Gasteiger partial charge is 0.126 e. The zero-order valence-electron chi connectivity index (χ0n) is 34.4. The van der Waals surface area contributed by atoms with E-state index >= 15 is 0 Å². The van der Waals surface area contributed by atoms with Crippen molar-refractivity contribution in [2.24, 2.45) is 0 Å². The summed E-state index contributed by atoms with van der Waals surface area (Å²) in [5.74, 6) is 2.09. The maximum Gasteiger partial charge on any atom is 0.126 e. The van der Waals surface area contributed by atoms with Crippen LogP contribution in [0.2, 0.25) is 0 Å². The summed E-state index contributed by atoms with van der Waals surface area (Å²) in [4.78, 5) is 0. The second kappa shape index (κ2) is 18.0. The number of phenols is 4. The quantitative estimate of drug-likeness (QED) is 0.133. The Balaban J connectivity index is 1.16. The van der Waals surface area contributed by atoms with Crippen LogP contribution in [-0.2, 0) is 51.7 Å². The van der Waals surface area contributed by atoms with Gasteiger partial charge in [0.15, 0.2) is 0 Å². The normalized spacial score (nSPS) is 12.5. The first-order chi connectivity index (χ1) is 30.4. The minimum atomic E-state index is 0.173. The van der Waals surface area contributed by atoms with E-state index in [4.69, 9.17) is 9.47 Å². The van der Waals surface area contributed by atoms with E-state index in [0.29, 0.717) is 85.5 Å². The van der Waals surface area contributed by atoms with E-state index < -0.39 is 0 Å². The largest absolute Gasteiger partial charge is 0.507 e. The summed E-state index contributed by atoms with van der Waals surface area (Å²) in [6.45, 7) is 0.691. The maximum absolute atomic E-state index is 11.9. The van der Waals surface area contributed by atoms with Crippen LogP contribution in [0.5, 0.6) is 34.5 Å². The molecule has 12 bridgehead atoms. The van der Waals surface area contributed by atoms with Crippen LogP contribution in [0.1, 0.15) is 77.9 Å². The molecule has 0 saturated carbocycles. The zero-order chi connectivity index (χ0) is 42.4. The Kier molecular flexibility index (Phi) is 11.6.